The van der Waals surface area contributed by atoms with Crippen molar-refractivity contribution in [1.82, 2.24) is 0 Å². The molecule has 8 heteroatoms. The molecule has 0 aliphatic heterocycles. The molecule has 7 nitrogen and oxygen atoms in total. The lowest BCUT2D eigenvalue weighted by Gasteiger charge is -2.31. The third-order valence-electron chi connectivity index (χ3n) is 4.23. The van der Waals surface area contributed by atoms with Crippen molar-refractivity contribution in [2.45, 2.75) is 34.1 Å². The van der Waals surface area contributed by atoms with E-state index in [2.05, 4.69) is 4.67 Å². The van der Waals surface area contributed by atoms with Gasteiger partial charge >= 0.3 is 13.6 Å². The topological polar surface area (TPSA) is 93.1 Å². The molecule has 0 aliphatic carbocycles. The minimum atomic E-state index is -3.87. The molecule has 0 heterocycles. The minimum Gasteiger partial charge on any atom is -0.459 e. The first-order chi connectivity index (χ1) is 9.84. The largest absolute Gasteiger partial charge is 0.459 e. The fourth-order valence-corrected chi connectivity index (χ4v) is 2.28. The molecular weight excluding hydrogens is 309 g/mol. The van der Waals surface area contributed by atoms with Gasteiger partial charge in [0.1, 0.15) is 13.2 Å². The van der Waals surface area contributed by atoms with Gasteiger partial charge in [-0.25, -0.2) is 5.26 Å². The molecule has 0 aliphatic rings. The molecular formula is C14H31NO6P+. The molecule has 0 aromatic heterocycles. The summed E-state index contributed by atoms with van der Waals surface area (Å²) >= 11 is 0. The third kappa shape index (κ3) is 7.70. The molecule has 2 N–H and O–H groups in total. The molecule has 0 bridgehead atoms. The molecule has 0 radical (unpaired) electrons. The summed E-state index contributed by atoms with van der Waals surface area (Å²) in [6.07, 6.45) is 0.318. The van der Waals surface area contributed by atoms with Crippen molar-refractivity contribution in [2.75, 3.05) is 40.0 Å². The number of hydrogen-bond donors (Lipinski definition) is 2. The van der Waals surface area contributed by atoms with Crippen LogP contribution in [0.3, 0.4) is 0 Å². The van der Waals surface area contributed by atoms with Crippen LogP contribution in [0.5, 0.6) is 0 Å². The predicted molar refractivity (Wildman–Crippen MR) is 84.4 cm³/mol. The smallest absolute Gasteiger partial charge is 0.355 e. The number of quaternary nitrogens is 1. The molecule has 0 aromatic rings. The van der Waals surface area contributed by atoms with Crippen LogP contribution >= 0.6 is 7.60 Å². The SMILES string of the molecule is CC(C)C(C)(C)C(=O)OCC[N+](C)(C)CCCP(=O)(O)OO. The van der Waals surface area contributed by atoms with Crippen LogP contribution in [0.2, 0.25) is 0 Å². The van der Waals surface area contributed by atoms with Gasteiger partial charge in [-0.1, -0.05) is 13.8 Å². The maximum absolute atomic E-state index is 12.0. The highest BCUT2D eigenvalue weighted by Crippen LogP contribution is 2.41. The van der Waals surface area contributed by atoms with E-state index in [0.29, 0.717) is 30.6 Å². The maximum Gasteiger partial charge on any atom is 0.355 e. The van der Waals surface area contributed by atoms with E-state index in [1.807, 2.05) is 41.8 Å². The Hall–Kier alpha value is -0.460. The van der Waals surface area contributed by atoms with Crippen molar-refractivity contribution < 1.29 is 33.4 Å². The zero-order chi connectivity index (χ0) is 17.6. The van der Waals surface area contributed by atoms with E-state index in [1.54, 1.807) is 0 Å². The fraction of sp³-hybridized carbons (Fsp3) is 0.929. The van der Waals surface area contributed by atoms with E-state index >= 15 is 0 Å². The van der Waals surface area contributed by atoms with Gasteiger partial charge in [-0.2, -0.15) is 4.67 Å². The van der Waals surface area contributed by atoms with Crippen molar-refractivity contribution >= 4 is 13.6 Å². The van der Waals surface area contributed by atoms with Crippen LogP contribution in [0.1, 0.15) is 34.1 Å². The third-order valence-corrected chi connectivity index (χ3v) is 5.37. The van der Waals surface area contributed by atoms with Crippen LogP contribution in [0.15, 0.2) is 0 Å². The van der Waals surface area contributed by atoms with Crippen molar-refractivity contribution in [2.24, 2.45) is 11.3 Å². The van der Waals surface area contributed by atoms with Crippen LogP contribution in [-0.2, 0) is 18.8 Å². The Morgan fingerprint density at radius 3 is 2.27 bits per heavy atom. The molecule has 22 heavy (non-hydrogen) atoms. The average Bonchev–Trinajstić information content (AvgIpc) is 2.37. The molecule has 1 unspecified atom stereocenters. The van der Waals surface area contributed by atoms with E-state index in [1.165, 1.54) is 0 Å². The molecule has 0 aromatic carbocycles. The number of nitrogens with zero attached hydrogens (tertiary/aromatic N) is 1. The monoisotopic (exact) mass is 340 g/mol. The lowest BCUT2D eigenvalue weighted by Crippen LogP contribution is -2.44. The molecule has 0 rings (SSSR count). The first-order valence-electron chi connectivity index (χ1n) is 7.48. The summed E-state index contributed by atoms with van der Waals surface area (Å²) in [5, 5.41) is 8.27. The van der Waals surface area contributed by atoms with Crippen LogP contribution in [-0.4, -0.2) is 60.6 Å². The van der Waals surface area contributed by atoms with E-state index in [0.717, 1.165) is 0 Å². The van der Waals surface area contributed by atoms with Gasteiger partial charge in [0.05, 0.1) is 32.2 Å². The Balaban J connectivity index is 4.18. The van der Waals surface area contributed by atoms with Gasteiger partial charge < -0.3 is 14.1 Å². The summed E-state index contributed by atoms with van der Waals surface area (Å²) in [6.45, 7) is 9.22. The second kappa shape index (κ2) is 8.41. The summed E-state index contributed by atoms with van der Waals surface area (Å²) in [5.74, 6) is -0.0179. The maximum atomic E-state index is 12.0. The van der Waals surface area contributed by atoms with Crippen LogP contribution in [0.4, 0.5) is 0 Å². The average molecular weight is 340 g/mol. The Morgan fingerprint density at radius 2 is 1.82 bits per heavy atom. The van der Waals surface area contributed by atoms with Gasteiger partial charge in [0.2, 0.25) is 0 Å². The number of rotatable bonds is 10. The summed E-state index contributed by atoms with van der Waals surface area (Å²) < 4.78 is 20.6. The van der Waals surface area contributed by atoms with Gasteiger partial charge in [0.25, 0.3) is 0 Å². The summed E-state index contributed by atoms with van der Waals surface area (Å²) in [7, 11) is 0.0219. The minimum absolute atomic E-state index is 0.106. The molecule has 0 saturated heterocycles. The van der Waals surface area contributed by atoms with Crippen LogP contribution in [0, 0.1) is 11.3 Å². The number of carbonyl (C=O) groups excluding carboxylic acids is 1. The number of hydrogen-bond acceptors (Lipinski definition) is 5. The summed E-state index contributed by atoms with van der Waals surface area (Å²) in [6, 6.07) is 0. The zero-order valence-electron chi connectivity index (χ0n) is 14.5. The van der Waals surface area contributed by atoms with Crippen molar-refractivity contribution in [3.63, 3.8) is 0 Å². The van der Waals surface area contributed by atoms with E-state index in [9.17, 15) is 9.36 Å². The molecule has 1 atom stereocenters. The lowest BCUT2D eigenvalue weighted by atomic mass is 9.81. The summed E-state index contributed by atoms with van der Waals surface area (Å²) in [4.78, 5) is 21.2. The van der Waals surface area contributed by atoms with E-state index < -0.39 is 13.0 Å². The highest BCUT2D eigenvalue weighted by atomic mass is 31.2. The highest BCUT2D eigenvalue weighted by molar-refractivity contribution is 7.52. The number of esters is 1. The normalized spacial score (nSPS) is 15.7. The van der Waals surface area contributed by atoms with Gasteiger partial charge in [-0.15, -0.1) is 0 Å². The zero-order valence-corrected chi connectivity index (χ0v) is 15.4. The number of likely N-dealkylation sites (N-methyl/N-ethyl adjacent to an activating group) is 1. The Morgan fingerprint density at radius 1 is 1.27 bits per heavy atom. The van der Waals surface area contributed by atoms with E-state index in [-0.39, 0.29) is 18.0 Å². The molecule has 0 amide bonds. The predicted octanol–water partition coefficient (Wildman–Crippen LogP) is 2.35. The second-order valence-electron chi connectivity index (χ2n) is 7.19. The van der Waals surface area contributed by atoms with Gasteiger partial charge in [0.15, 0.2) is 0 Å². The van der Waals surface area contributed by atoms with Crippen molar-refractivity contribution in [3.8, 4) is 0 Å². The molecule has 0 saturated carbocycles. The van der Waals surface area contributed by atoms with Gasteiger partial charge in [-0.05, 0) is 19.8 Å². The van der Waals surface area contributed by atoms with Crippen LogP contribution in [0.25, 0.3) is 0 Å². The lowest BCUT2D eigenvalue weighted by molar-refractivity contribution is -0.890. The highest BCUT2D eigenvalue weighted by Gasteiger charge is 2.33. The standard InChI is InChI=1S/C14H30NO6P/c1-12(2)14(3,4)13(16)20-10-9-15(5,6)8-7-11-22(18,19)21-17/h12H,7-11H2,1-6H3,(H-,17,18,19)/p+1. The summed E-state index contributed by atoms with van der Waals surface area (Å²) in [5.41, 5.74) is -0.515. The quantitative estimate of drug-likeness (QED) is 0.208. The van der Waals surface area contributed by atoms with Gasteiger partial charge in [0, 0.05) is 6.42 Å². The molecule has 132 valence electrons. The van der Waals surface area contributed by atoms with Gasteiger partial charge in [-0.3, -0.25) is 9.36 Å². The number of carbonyl (C=O) groups is 1. The first-order valence-corrected chi connectivity index (χ1v) is 9.24. The van der Waals surface area contributed by atoms with E-state index in [4.69, 9.17) is 14.9 Å². The Labute approximate surface area is 133 Å². The van der Waals surface area contributed by atoms with Crippen molar-refractivity contribution in [1.29, 1.82) is 0 Å². The van der Waals surface area contributed by atoms with Crippen molar-refractivity contribution in [3.05, 3.63) is 0 Å². The Bertz CT molecular complexity index is 408. The number of ether oxygens (including phenoxy) is 1. The molecule has 0 spiro atoms. The first kappa shape index (κ1) is 21.5. The Kier molecular flexibility index (Phi) is 8.23. The van der Waals surface area contributed by atoms with Crippen LogP contribution < -0.4 is 0 Å². The molecule has 0 fully saturated rings. The fourth-order valence-electron chi connectivity index (χ4n) is 1.66. The second-order valence-corrected chi connectivity index (χ2v) is 9.08.